The van der Waals surface area contributed by atoms with Crippen molar-refractivity contribution in [1.82, 2.24) is 9.78 Å². The maximum absolute atomic E-state index is 12.6. The molecule has 2 aromatic carbocycles. The van der Waals surface area contributed by atoms with Gasteiger partial charge in [0.1, 0.15) is 11.3 Å². The quantitative estimate of drug-likeness (QED) is 0.224. The molecule has 0 N–H and O–H groups in total. The Kier molecular flexibility index (Phi) is 5.92. The van der Waals surface area contributed by atoms with Gasteiger partial charge < -0.3 is 9.47 Å². The first-order valence-corrected chi connectivity index (χ1v) is 9.26. The number of halogens is 1. The number of nitro groups is 1. The number of hydrogen-bond donors (Lipinski definition) is 0. The highest BCUT2D eigenvalue weighted by Crippen LogP contribution is 2.32. The van der Waals surface area contributed by atoms with Gasteiger partial charge in [-0.25, -0.2) is 14.3 Å². The third-order valence-electron chi connectivity index (χ3n) is 4.07. The van der Waals surface area contributed by atoms with Gasteiger partial charge in [0.15, 0.2) is 5.69 Å². The van der Waals surface area contributed by atoms with E-state index in [0.717, 1.165) is 0 Å². The molecule has 0 unspecified atom stereocenters. The first kappa shape index (κ1) is 20.5. The molecule has 0 aliphatic rings. The lowest BCUT2D eigenvalue weighted by Gasteiger charge is -2.07. The molecule has 0 fully saturated rings. The largest absolute Gasteiger partial charge is 0.465 e. The maximum atomic E-state index is 12.6. The van der Waals surface area contributed by atoms with Gasteiger partial charge in [0, 0.05) is 11.6 Å². The lowest BCUT2D eigenvalue weighted by molar-refractivity contribution is -0.385. The lowest BCUT2D eigenvalue weighted by Crippen LogP contribution is -2.15. The average Bonchev–Trinajstić information content (AvgIpc) is 3.14. The van der Waals surface area contributed by atoms with Gasteiger partial charge in [-0.15, -0.1) is 0 Å². The fraction of sp³-hybridized carbons (Fsp3) is 0.105. The molecule has 0 aliphatic carbocycles. The zero-order valence-electron chi connectivity index (χ0n) is 15.3. The highest BCUT2D eigenvalue weighted by molar-refractivity contribution is 14.1. The van der Waals surface area contributed by atoms with Crippen LogP contribution in [0.1, 0.15) is 20.8 Å². The topological polar surface area (TPSA) is 114 Å². The molecule has 0 radical (unpaired) electrons. The van der Waals surface area contributed by atoms with Crippen LogP contribution in [-0.2, 0) is 9.47 Å². The summed E-state index contributed by atoms with van der Waals surface area (Å²) in [5.41, 5.74) is 0.440. The second-order valence-electron chi connectivity index (χ2n) is 5.73. The summed E-state index contributed by atoms with van der Waals surface area (Å²) in [4.78, 5) is 35.9. The van der Waals surface area contributed by atoms with Crippen molar-refractivity contribution in [3.63, 3.8) is 0 Å². The maximum Gasteiger partial charge on any atom is 0.357 e. The van der Waals surface area contributed by atoms with Crippen LogP contribution in [0, 0.1) is 13.7 Å². The van der Waals surface area contributed by atoms with Crippen LogP contribution in [-0.4, -0.2) is 40.9 Å². The summed E-state index contributed by atoms with van der Waals surface area (Å²) in [6.45, 7) is 0. The van der Waals surface area contributed by atoms with Gasteiger partial charge in [-0.2, -0.15) is 5.10 Å². The molecule has 0 saturated heterocycles. The SMILES string of the molecule is COC(=O)c1c(-c2ccc(I)c([N+](=O)[O-])c2)nn(-c2ccccc2)c1C(=O)OC. The monoisotopic (exact) mass is 507 g/mol. The normalized spacial score (nSPS) is 10.4. The van der Waals surface area contributed by atoms with Crippen LogP contribution in [0.4, 0.5) is 5.69 Å². The Morgan fingerprint density at radius 3 is 2.31 bits per heavy atom. The second-order valence-corrected chi connectivity index (χ2v) is 6.89. The highest BCUT2D eigenvalue weighted by Gasteiger charge is 2.32. The van der Waals surface area contributed by atoms with E-state index in [1.54, 1.807) is 36.4 Å². The number of hydrogen-bond acceptors (Lipinski definition) is 7. The molecule has 3 rings (SSSR count). The molecular formula is C19H14IN3O6. The average molecular weight is 507 g/mol. The van der Waals surface area contributed by atoms with Crippen molar-refractivity contribution in [3.8, 4) is 16.9 Å². The minimum absolute atomic E-state index is 0.0700. The molecule has 10 heteroatoms. The van der Waals surface area contributed by atoms with Gasteiger partial charge in [-0.1, -0.05) is 24.3 Å². The third kappa shape index (κ3) is 3.83. The standard InChI is InChI=1S/C19H14IN3O6/c1-28-18(24)15-16(11-8-9-13(20)14(10-11)23(26)27)21-22(17(15)19(25)29-2)12-6-4-3-5-7-12/h3-10H,1-2H3. The predicted octanol–water partition coefficient (Wildman–Crippen LogP) is 3.63. The number of carbonyl (C=O) groups excluding carboxylic acids is 2. The fourth-order valence-corrected chi connectivity index (χ4v) is 3.29. The minimum atomic E-state index is -0.816. The summed E-state index contributed by atoms with van der Waals surface area (Å²) in [6.07, 6.45) is 0. The Hall–Kier alpha value is -3.28. The number of para-hydroxylation sites is 1. The number of benzene rings is 2. The number of ether oxygens (including phenoxy) is 2. The van der Waals surface area contributed by atoms with Gasteiger partial charge in [-0.05, 0) is 40.8 Å². The molecule has 0 atom stereocenters. The molecule has 0 saturated carbocycles. The molecule has 0 aliphatic heterocycles. The third-order valence-corrected chi connectivity index (χ3v) is 4.98. The molecule has 0 spiro atoms. The van der Waals surface area contributed by atoms with Crippen molar-refractivity contribution in [2.75, 3.05) is 14.2 Å². The van der Waals surface area contributed by atoms with Crippen molar-refractivity contribution in [1.29, 1.82) is 0 Å². The van der Waals surface area contributed by atoms with Crippen molar-refractivity contribution in [2.24, 2.45) is 0 Å². The van der Waals surface area contributed by atoms with Crippen LogP contribution >= 0.6 is 22.6 Å². The van der Waals surface area contributed by atoms with Crippen LogP contribution < -0.4 is 0 Å². The summed E-state index contributed by atoms with van der Waals surface area (Å²) < 4.78 is 11.4. The molecule has 0 bridgehead atoms. The van der Waals surface area contributed by atoms with E-state index in [4.69, 9.17) is 9.47 Å². The first-order chi connectivity index (χ1) is 13.9. The summed E-state index contributed by atoms with van der Waals surface area (Å²) in [7, 11) is 2.35. The van der Waals surface area contributed by atoms with Crippen LogP contribution in [0.5, 0.6) is 0 Å². The number of nitrogens with zero attached hydrogens (tertiary/aromatic N) is 3. The Morgan fingerprint density at radius 1 is 1.07 bits per heavy atom. The van der Waals surface area contributed by atoms with Crippen molar-refractivity contribution < 1.29 is 24.0 Å². The zero-order valence-corrected chi connectivity index (χ0v) is 17.4. The number of rotatable bonds is 5. The van der Waals surface area contributed by atoms with E-state index in [-0.39, 0.29) is 28.2 Å². The Labute approximate surface area is 178 Å². The predicted molar refractivity (Wildman–Crippen MR) is 111 cm³/mol. The van der Waals surface area contributed by atoms with E-state index < -0.39 is 16.9 Å². The van der Waals surface area contributed by atoms with Crippen molar-refractivity contribution in [2.45, 2.75) is 0 Å². The Bertz CT molecular complexity index is 1110. The molecule has 148 valence electrons. The van der Waals surface area contributed by atoms with E-state index >= 15 is 0 Å². The molecule has 1 heterocycles. The number of aromatic nitrogens is 2. The summed E-state index contributed by atoms with van der Waals surface area (Å²) in [6, 6.07) is 13.1. The number of methoxy groups -OCH3 is 2. The summed E-state index contributed by atoms with van der Waals surface area (Å²) in [5, 5.41) is 15.7. The number of carbonyl (C=O) groups is 2. The summed E-state index contributed by atoms with van der Waals surface area (Å²) >= 11 is 1.85. The number of esters is 2. The molecule has 0 amide bonds. The van der Waals surface area contributed by atoms with Gasteiger partial charge >= 0.3 is 11.9 Å². The van der Waals surface area contributed by atoms with Crippen LogP contribution in [0.2, 0.25) is 0 Å². The van der Waals surface area contributed by atoms with Gasteiger partial charge in [0.05, 0.1) is 28.4 Å². The van der Waals surface area contributed by atoms with Crippen molar-refractivity contribution in [3.05, 3.63) is 73.5 Å². The van der Waals surface area contributed by atoms with Crippen molar-refractivity contribution >= 4 is 40.2 Å². The van der Waals surface area contributed by atoms with E-state index in [9.17, 15) is 19.7 Å². The van der Waals surface area contributed by atoms with Gasteiger partial charge in [-0.3, -0.25) is 10.1 Å². The van der Waals surface area contributed by atoms with Crippen LogP contribution in [0.25, 0.3) is 16.9 Å². The van der Waals surface area contributed by atoms with Gasteiger partial charge in [0.2, 0.25) is 0 Å². The zero-order chi connectivity index (χ0) is 21.1. The molecule has 3 aromatic rings. The molecule has 9 nitrogen and oxygen atoms in total. The highest BCUT2D eigenvalue weighted by atomic mass is 127. The fourth-order valence-electron chi connectivity index (χ4n) is 2.76. The molecule has 29 heavy (non-hydrogen) atoms. The smallest absolute Gasteiger partial charge is 0.357 e. The summed E-state index contributed by atoms with van der Waals surface area (Å²) in [5.74, 6) is -1.61. The Morgan fingerprint density at radius 2 is 1.72 bits per heavy atom. The lowest BCUT2D eigenvalue weighted by atomic mass is 10.0. The van der Waals surface area contributed by atoms with Gasteiger partial charge in [0.25, 0.3) is 5.69 Å². The van der Waals surface area contributed by atoms with E-state index in [0.29, 0.717) is 9.26 Å². The Balaban J connectivity index is 2.37. The first-order valence-electron chi connectivity index (χ1n) is 8.18. The van der Waals surface area contributed by atoms with Crippen LogP contribution in [0.3, 0.4) is 0 Å². The minimum Gasteiger partial charge on any atom is -0.465 e. The number of nitro benzene ring substituents is 1. The van der Waals surface area contributed by atoms with E-state index in [2.05, 4.69) is 5.10 Å². The van der Waals surface area contributed by atoms with Crippen LogP contribution in [0.15, 0.2) is 48.5 Å². The molecular weight excluding hydrogens is 493 g/mol. The molecule has 1 aromatic heterocycles. The second kappa shape index (κ2) is 8.39. The van der Waals surface area contributed by atoms with E-state index in [1.807, 2.05) is 22.6 Å². The van der Waals surface area contributed by atoms with E-state index in [1.165, 1.54) is 31.0 Å².